The molecule has 1 atom stereocenters. The molecule has 0 saturated carbocycles. The van der Waals surface area contributed by atoms with Crippen LogP contribution in [0.3, 0.4) is 0 Å². The molecule has 0 aliphatic carbocycles. The quantitative estimate of drug-likeness (QED) is 0.248. The summed E-state index contributed by atoms with van der Waals surface area (Å²) in [6.45, 7) is 6.87. The average Bonchev–Trinajstić information content (AvgIpc) is 2.83. The molecule has 1 aliphatic heterocycles. The van der Waals surface area contributed by atoms with E-state index >= 15 is 0 Å². The molecule has 7 heteroatoms. The first-order chi connectivity index (χ1) is 9.05. The Kier molecular flexibility index (Phi) is 6.08. The van der Waals surface area contributed by atoms with Crippen molar-refractivity contribution in [2.24, 2.45) is 5.11 Å². The zero-order valence-corrected chi connectivity index (χ0v) is 11.9. The number of hydrogen-bond acceptors (Lipinski definition) is 5. The summed E-state index contributed by atoms with van der Waals surface area (Å²) in [5.41, 5.74) is 7.59. The van der Waals surface area contributed by atoms with Gasteiger partial charge in [0.2, 0.25) is 0 Å². The zero-order chi connectivity index (χ0) is 14.3. The number of ether oxygens (including phenoxy) is 1. The minimum absolute atomic E-state index is 0.209. The summed E-state index contributed by atoms with van der Waals surface area (Å²) in [5, 5.41) is 6.77. The molecule has 1 unspecified atom stereocenters. The molecular formula is C12H23N5O2. The molecule has 19 heavy (non-hydrogen) atoms. The third kappa shape index (κ3) is 4.09. The topological polar surface area (TPSA) is 90.3 Å². The lowest BCUT2D eigenvalue weighted by atomic mass is 9.98. The van der Waals surface area contributed by atoms with Crippen LogP contribution in [0, 0.1) is 0 Å². The molecule has 0 spiro atoms. The van der Waals surface area contributed by atoms with E-state index in [0.29, 0.717) is 32.1 Å². The lowest BCUT2D eigenvalue weighted by Gasteiger charge is -2.29. The van der Waals surface area contributed by atoms with Crippen LogP contribution in [-0.4, -0.2) is 55.7 Å². The maximum absolute atomic E-state index is 12.0. The summed E-state index contributed by atoms with van der Waals surface area (Å²) in [6, 6.07) is 0.413. The van der Waals surface area contributed by atoms with E-state index in [2.05, 4.69) is 34.1 Å². The maximum Gasteiger partial charge on any atom is 0.327 e. The molecular weight excluding hydrogens is 246 g/mol. The lowest BCUT2D eigenvalue weighted by Crippen LogP contribution is -2.55. The van der Waals surface area contributed by atoms with Crippen molar-refractivity contribution in [1.82, 2.24) is 10.2 Å². The number of likely N-dealkylation sites (tertiary alicyclic amines) is 1. The molecule has 0 radical (unpaired) electrons. The Balaban J connectivity index is 2.58. The number of methoxy groups -OCH3 is 1. The SMILES string of the molecule is COC(=O)C1(NCCCN=[N+]=[N-])CCN(C(C)C)C1. The van der Waals surface area contributed by atoms with Crippen LogP contribution >= 0.6 is 0 Å². The number of azide groups is 1. The van der Waals surface area contributed by atoms with Crippen LogP contribution in [-0.2, 0) is 9.53 Å². The molecule has 1 rings (SSSR count). The van der Waals surface area contributed by atoms with Gasteiger partial charge in [-0.05, 0) is 38.8 Å². The summed E-state index contributed by atoms with van der Waals surface area (Å²) >= 11 is 0. The summed E-state index contributed by atoms with van der Waals surface area (Å²) in [4.78, 5) is 17.0. The van der Waals surface area contributed by atoms with E-state index in [1.807, 2.05) is 0 Å². The van der Waals surface area contributed by atoms with Crippen molar-refractivity contribution in [2.45, 2.75) is 38.3 Å². The van der Waals surface area contributed by atoms with Crippen molar-refractivity contribution in [3.63, 3.8) is 0 Å². The molecule has 0 aromatic heterocycles. The fourth-order valence-corrected chi connectivity index (χ4v) is 2.38. The van der Waals surface area contributed by atoms with Gasteiger partial charge in [-0.2, -0.15) is 0 Å². The van der Waals surface area contributed by atoms with Gasteiger partial charge >= 0.3 is 5.97 Å². The minimum atomic E-state index is -0.616. The van der Waals surface area contributed by atoms with Crippen LogP contribution in [0.1, 0.15) is 26.7 Å². The van der Waals surface area contributed by atoms with Crippen molar-refractivity contribution >= 4 is 5.97 Å². The Bertz CT molecular complexity index is 354. The first-order valence-corrected chi connectivity index (χ1v) is 6.64. The van der Waals surface area contributed by atoms with E-state index in [1.165, 1.54) is 7.11 Å². The van der Waals surface area contributed by atoms with E-state index in [0.717, 1.165) is 13.0 Å². The third-order valence-corrected chi connectivity index (χ3v) is 3.57. The molecule has 1 aliphatic rings. The highest BCUT2D eigenvalue weighted by molar-refractivity contribution is 5.81. The van der Waals surface area contributed by atoms with E-state index in [9.17, 15) is 4.79 Å². The summed E-state index contributed by atoms with van der Waals surface area (Å²) in [6.07, 6.45) is 1.46. The molecule has 0 aromatic rings. The average molecular weight is 269 g/mol. The van der Waals surface area contributed by atoms with Crippen LogP contribution in [0.15, 0.2) is 5.11 Å². The molecule has 108 valence electrons. The van der Waals surface area contributed by atoms with Crippen molar-refractivity contribution in [2.75, 3.05) is 33.3 Å². The monoisotopic (exact) mass is 269 g/mol. The Hall–Kier alpha value is -1.30. The molecule has 1 fully saturated rings. The van der Waals surface area contributed by atoms with Crippen molar-refractivity contribution < 1.29 is 9.53 Å². The van der Waals surface area contributed by atoms with Gasteiger partial charge in [0, 0.05) is 30.6 Å². The summed E-state index contributed by atoms with van der Waals surface area (Å²) < 4.78 is 4.93. The maximum atomic E-state index is 12.0. The second kappa shape index (κ2) is 7.33. The Morgan fingerprint density at radius 1 is 1.63 bits per heavy atom. The Morgan fingerprint density at radius 2 is 2.37 bits per heavy atom. The number of carbonyl (C=O) groups is 1. The standard InChI is InChI=1S/C12H23N5O2/c1-10(2)17-8-5-12(9-17,11(18)19-3)14-6-4-7-15-16-13/h10,14H,4-9H2,1-3H3. The Labute approximate surface area is 113 Å². The summed E-state index contributed by atoms with van der Waals surface area (Å²) in [5.74, 6) is -0.209. The summed E-state index contributed by atoms with van der Waals surface area (Å²) in [7, 11) is 1.42. The predicted octanol–water partition coefficient (Wildman–Crippen LogP) is 1.30. The van der Waals surface area contributed by atoms with Gasteiger partial charge in [0.25, 0.3) is 0 Å². The normalized spacial score (nSPS) is 23.4. The largest absolute Gasteiger partial charge is 0.468 e. The van der Waals surface area contributed by atoms with Gasteiger partial charge < -0.3 is 10.1 Å². The molecule has 0 aromatic carbocycles. The molecule has 1 heterocycles. The highest BCUT2D eigenvalue weighted by atomic mass is 16.5. The highest BCUT2D eigenvalue weighted by Gasteiger charge is 2.45. The predicted molar refractivity (Wildman–Crippen MR) is 72.7 cm³/mol. The van der Waals surface area contributed by atoms with E-state index < -0.39 is 5.54 Å². The van der Waals surface area contributed by atoms with Gasteiger partial charge in [-0.15, -0.1) is 0 Å². The molecule has 1 N–H and O–H groups in total. The third-order valence-electron chi connectivity index (χ3n) is 3.57. The van der Waals surface area contributed by atoms with E-state index in [4.69, 9.17) is 10.3 Å². The number of esters is 1. The van der Waals surface area contributed by atoms with Crippen molar-refractivity contribution in [1.29, 1.82) is 0 Å². The fourth-order valence-electron chi connectivity index (χ4n) is 2.38. The van der Waals surface area contributed by atoms with Crippen LogP contribution in [0.2, 0.25) is 0 Å². The first kappa shape index (κ1) is 15.8. The van der Waals surface area contributed by atoms with Crippen molar-refractivity contribution in [3.8, 4) is 0 Å². The van der Waals surface area contributed by atoms with Gasteiger partial charge in [-0.3, -0.25) is 9.69 Å². The minimum Gasteiger partial charge on any atom is -0.468 e. The number of carbonyl (C=O) groups excluding carboxylic acids is 1. The number of nitrogens with zero attached hydrogens (tertiary/aromatic N) is 4. The second-order valence-corrected chi connectivity index (χ2v) is 5.12. The molecule has 0 bridgehead atoms. The van der Waals surface area contributed by atoms with Gasteiger partial charge in [0.05, 0.1) is 7.11 Å². The van der Waals surface area contributed by atoms with Crippen LogP contribution in [0.4, 0.5) is 0 Å². The Morgan fingerprint density at radius 3 is 2.89 bits per heavy atom. The van der Waals surface area contributed by atoms with Gasteiger partial charge in [-0.25, -0.2) is 0 Å². The number of nitrogens with one attached hydrogen (secondary N) is 1. The smallest absolute Gasteiger partial charge is 0.327 e. The highest BCUT2D eigenvalue weighted by Crippen LogP contribution is 2.24. The van der Waals surface area contributed by atoms with Crippen molar-refractivity contribution in [3.05, 3.63) is 10.4 Å². The zero-order valence-electron chi connectivity index (χ0n) is 11.9. The first-order valence-electron chi connectivity index (χ1n) is 6.64. The van der Waals surface area contributed by atoms with Crippen LogP contribution in [0.25, 0.3) is 10.4 Å². The van der Waals surface area contributed by atoms with Gasteiger partial charge in [0.15, 0.2) is 0 Å². The van der Waals surface area contributed by atoms with Crippen LogP contribution in [0.5, 0.6) is 0 Å². The molecule has 7 nitrogen and oxygen atoms in total. The molecule has 0 amide bonds. The molecule has 1 saturated heterocycles. The van der Waals surface area contributed by atoms with Gasteiger partial charge in [-0.1, -0.05) is 5.11 Å². The van der Waals surface area contributed by atoms with E-state index in [1.54, 1.807) is 0 Å². The van der Waals surface area contributed by atoms with Gasteiger partial charge in [0.1, 0.15) is 5.54 Å². The lowest BCUT2D eigenvalue weighted by molar-refractivity contribution is -0.148. The fraction of sp³-hybridized carbons (Fsp3) is 0.917. The number of rotatable bonds is 7. The van der Waals surface area contributed by atoms with E-state index in [-0.39, 0.29) is 5.97 Å². The van der Waals surface area contributed by atoms with Crippen LogP contribution < -0.4 is 5.32 Å². The second-order valence-electron chi connectivity index (χ2n) is 5.12. The number of hydrogen-bond donors (Lipinski definition) is 1.